The van der Waals surface area contributed by atoms with Crippen molar-refractivity contribution < 1.29 is 23.5 Å². The van der Waals surface area contributed by atoms with Gasteiger partial charge in [-0.15, -0.1) is 0 Å². The number of ether oxygens (including phenoxy) is 2. The molecule has 0 fully saturated rings. The van der Waals surface area contributed by atoms with E-state index in [0.717, 1.165) is 5.56 Å². The van der Waals surface area contributed by atoms with Crippen molar-refractivity contribution in [1.29, 1.82) is 0 Å². The van der Waals surface area contributed by atoms with E-state index in [2.05, 4.69) is 5.32 Å². The number of nitrogens with one attached hydrogen (secondary N) is 1. The third-order valence-electron chi connectivity index (χ3n) is 4.11. The van der Waals surface area contributed by atoms with Crippen LogP contribution in [0.1, 0.15) is 12.5 Å². The Morgan fingerprint density at radius 2 is 1.81 bits per heavy atom. The van der Waals surface area contributed by atoms with E-state index < -0.39 is 17.8 Å². The summed E-state index contributed by atoms with van der Waals surface area (Å²) in [5.74, 6) is -0.596. The largest absolute Gasteiger partial charge is 0.497 e. The normalized spacial score (nSPS) is 11.4. The molecule has 0 spiro atoms. The molecule has 144 valence electrons. The van der Waals surface area contributed by atoms with E-state index in [9.17, 15) is 14.0 Å². The van der Waals surface area contributed by atoms with Crippen molar-refractivity contribution in [1.82, 2.24) is 10.2 Å². The lowest BCUT2D eigenvalue weighted by atomic mass is 10.1. The minimum absolute atomic E-state index is 0.0113. The topological polar surface area (TPSA) is 67.9 Å². The quantitative estimate of drug-likeness (QED) is 0.770. The first-order valence-electron chi connectivity index (χ1n) is 8.47. The Hall–Kier alpha value is -3.09. The van der Waals surface area contributed by atoms with Crippen molar-refractivity contribution >= 4 is 11.8 Å². The maximum Gasteiger partial charge on any atom is 0.261 e. The highest BCUT2D eigenvalue weighted by atomic mass is 19.1. The highest BCUT2D eigenvalue weighted by Crippen LogP contribution is 2.17. The Labute approximate surface area is 157 Å². The molecule has 1 N–H and O–H groups in total. The Morgan fingerprint density at radius 3 is 2.41 bits per heavy atom. The highest BCUT2D eigenvalue weighted by Gasteiger charge is 2.26. The van der Waals surface area contributed by atoms with Crippen LogP contribution >= 0.6 is 0 Å². The maximum absolute atomic E-state index is 13.7. The third-order valence-corrected chi connectivity index (χ3v) is 4.11. The van der Waals surface area contributed by atoms with Gasteiger partial charge in [-0.2, -0.15) is 0 Å². The Bertz CT molecular complexity index is 780. The van der Waals surface area contributed by atoms with Gasteiger partial charge in [0.1, 0.15) is 11.8 Å². The van der Waals surface area contributed by atoms with Crippen LogP contribution < -0.4 is 14.8 Å². The number of likely N-dealkylation sites (N-methyl/N-ethyl adjacent to an activating group) is 1. The van der Waals surface area contributed by atoms with E-state index >= 15 is 0 Å². The summed E-state index contributed by atoms with van der Waals surface area (Å²) in [6.07, 6.45) is 0. The SMILES string of the molecule is CNC(=O)C(C)N(Cc1ccc(OC)cc1)C(=O)COc1ccccc1F. The van der Waals surface area contributed by atoms with Crippen molar-refractivity contribution in [2.75, 3.05) is 20.8 Å². The lowest BCUT2D eigenvalue weighted by molar-refractivity contribution is -0.142. The van der Waals surface area contributed by atoms with Gasteiger partial charge in [-0.05, 0) is 36.8 Å². The van der Waals surface area contributed by atoms with Crippen molar-refractivity contribution in [3.8, 4) is 11.5 Å². The first kappa shape index (κ1) is 20.2. The number of carbonyl (C=O) groups excluding carboxylic acids is 2. The minimum Gasteiger partial charge on any atom is -0.497 e. The number of methoxy groups -OCH3 is 1. The summed E-state index contributed by atoms with van der Waals surface area (Å²) in [5, 5.41) is 2.53. The lowest BCUT2D eigenvalue weighted by Crippen LogP contribution is -2.48. The minimum atomic E-state index is -0.714. The Balaban J connectivity index is 2.13. The number of halogens is 1. The number of para-hydroxylation sites is 1. The summed E-state index contributed by atoms with van der Waals surface area (Å²) in [6.45, 7) is 1.46. The number of carbonyl (C=O) groups is 2. The van der Waals surface area contributed by atoms with Crippen molar-refractivity contribution in [2.45, 2.75) is 19.5 Å². The van der Waals surface area contributed by atoms with E-state index in [1.165, 1.54) is 30.1 Å². The number of amides is 2. The molecule has 0 aliphatic carbocycles. The van der Waals surface area contributed by atoms with Crippen LogP contribution in [0.4, 0.5) is 4.39 Å². The number of hydrogen-bond acceptors (Lipinski definition) is 4. The number of hydrogen-bond donors (Lipinski definition) is 1. The predicted octanol–water partition coefficient (Wildman–Crippen LogP) is 2.38. The van der Waals surface area contributed by atoms with E-state index in [1.807, 2.05) is 12.1 Å². The molecule has 1 atom stereocenters. The molecule has 0 bridgehead atoms. The van der Waals surface area contributed by atoms with Gasteiger partial charge in [0.15, 0.2) is 18.2 Å². The Kier molecular flexibility index (Phi) is 7.16. The monoisotopic (exact) mass is 374 g/mol. The van der Waals surface area contributed by atoms with Gasteiger partial charge in [-0.1, -0.05) is 24.3 Å². The molecule has 2 aromatic carbocycles. The van der Waals surface area contributed by atoms with Gasteiger partial charge in [-0.25, -0.2) is 4.39 Å². The molecule has 0 radical (unpaired) electrons. The standard InChI is InChI=1S/C20H23FN2O4/c1-14(20(25)22-2)23(12-15-8-10-16(26-3)11-9-15)19(24)13-27-18-7-5-4-6-17(18)21/h4-11,14H,12-13H2,1-3H3,(H,22,25). The van der Waals surface area contributed by atoms with Gasteiger partial charge in [0.25, 0.3) is 5.91 Å². The molecular formula is C20H23FN2O4. The van der Waals surface area contributed by atoms with Gasteiger partial charge >= 0.3 is 0 Å². The summed E-state index contributed by atoms with van der Waals surface area (Å²) in [4.78, 5) is 26.1. The molecule has 0 saturated carbocycles. The number of rotatable bonds is 8. The molecule has 2 amide bonds. The van der Waals surface area contributed by atoms with Crippen LogP contribution in [0, 0.1) is 5.82 Å². The van der Waals surface area contributed by atoms with Crippen LogP contribution in [-0.4, -0.2) is 43.5 Å². The predicted molar refractivity (Wildman–Crippen MR) is 99.0 cm³/mol. The lowest BCUT2D eigenvalue weighted by Gasteiger charge is -2.28. The van der Waals surface area contributed by atoms with Crippen LogP contribution in [0.5, 0.6) is 11.5 Å². The Morgan fingerprint density at radius 1 is 1.15 bits per heavy atom. The third kappa shape index (κ3) is 5.44. The molecule has 7 heteroatoms. The number of nitrogens with zero attached hydrogens (tertiary/aromatic N) is 1. The summed E-state index contributed by atoms with van der Waals surface area (Å²) in [5.41, 5.74) is 0.825. The van der Waals surface area contributed by atoms with E-state index in [0.29, 0.717) is 5.75 Å². The second kappa shape index (κ2) is 9.56. The van der Waals surface area contributed by atoms with Gasteiger partial charge in [0, 0.05) is 13.6 Å². The molecule has 0 aromatic heterocycles. The summed E-state index contributed by atoms with van der Waals surface area (Å²) >= 11 is 0. The average Bonchev–Trinajstić information content (AvgIpc) is 2.70. The fourth-order valence-electron chi connectivity index (χ4n) is 2.50. The summed E-state index contributed by atoms with van der Waals surface area (Å²) in [7, 11) is 3.07. The smallest absolute Gasteiger partial charge is 0.261 e. The van der Waals surface area contributed by atoms with Crippen LogP contribution in [0.3, 0.4) is 0 Å². The first-order valence-corrected chi connectivity index (χ1v) is 8.47. The highest BCUT2D eigenvalue weighted by molar-refractivity contribution is 5.87. The second-order valence-corrected chi connectivity index (χ2v) is 5.88. The molecule has 27 heavy (non-hydrogen) atoms. The van der Waals surface area contributed by atoms with Gasteiger partial charge in [-0.3, -0.25) is 9.59 Å². The van der Waals surface area contributed by atoms with E-state index in [1.54, 1.807) is 32.2 Å². The molecule has 6 nitrogen and oxygen atoms in total. The zero-order valence-corrected chi connectivity index (χ0v) is 15.6. The van der Waals surface area contributed by atoms with Gasteiger partial charge in [0.2, 0.25) is 5.91 Å². The first-order chi connectivity index (χ1) is 13.0. The second-order valence-electron chi connectivity index (χ2n) is 5.88. The molecule has 1 unspecified atom stereocenters. The fraction of sp³-hybridized carbons (Fsp3) is 0.300. The number of benzene rings is 2. The van der Waals surface area contributed by atoms with Crippen molar-refractivity contribution in [3.05, 3.63) is 59.9 Å². The van der Waals surface area contributed by atoms with Gasteiger partial charge < -0.3 is 19.7 Å². The molecule has 2 rings (SSSR count). The van der Waals surface area contributed by atoms with Crippen LogP contribution in [-0.2, 0) is 16.1 Å². The van der Waals surface area contributed by atoms with Crippen LogP contribution in [0.25, 0.3) is 0 Å². The van der Waals surface area contributed by atoms with E-state index in [4.69, 9.17) is 9.47 Å². The molecule has 0 saturated heterocycles. The maximum atomic E-state index is 13.7. The zero-order valence-electron chi connectivity index (χ0n) is 15.6. The molecular weight excluding hydrogens is 351 g/mol. The van der Waals surface area contributed by atoms with Gasteiger partial charge in [0.05, 0.1) is 7.11 Å². The average molecular weight is 374 g/mol. The zero-order chi connectivity index (χ0) is 19.8. The summed E-state index contributed by atoms with van der Waals surface area (Å²) in [6, 6.07) is 12.3. The molecule has 0 aliphatic rings. The van der Waals surface area contributed by atoms with Crippen molar-refractivity contribution in [3.63, 3.8) is 0 Å². The molecule has 0 heterocycles. The van der Waals surface area contributed by atoms with Crippen LogP contribution in [0.2, 0.25) is 0 Å². The van der Waals surface area contributed by atoms with Crippen molar-refractivity contribution in [2.24, 2.45) is 0 Å². The molecule has 2 aromatic rings. The van der Waals surface area contributed by atoms with E-state index in [-0.39, 0.29) is 24.8 Å². The molecule has 0 aliphatic heterocycles. The fourth-order valence-corrected chi connectivity index (χ4v) is 2.50. The summed E-state index contributed by atoms with van der Waals surface area (Å²) < 4.78 is 24.1. The van der Waals surface area contributed by atoms with Crippen LogP contribution in [0.15, 0.2) is 48.5 Å².